The van der Waals surface area contributed by atoms with Gasteiger partial charge >= 0.3 is 0 Å². The van der Waals surface area contributed by atoms with Crippen LogP contribution in [-0.4, -0.2) is 22.9 Å². The molecule has 3 rings (SSSR count). The molecule has 1 amide bonds. The van der Waals surface area contributed by atoms with Crippen molar-refractivity contribution in [1.82, 2.24) is 10.2 Å². The topological polar surface area (TPSA) is 32.3 Å². The fraction of sp³-hybridized carbons (Fsp3) is 0.588. The fourth-order valence-electron chi connectivity index (χ4n) is 3.28. The highest BCUT2D eigenvalue weighted by Gasteiger charge is 2.45. The lowest BCUT2D eigenvalue weighted by molar-refractivity contribution is -0.134. The molecule has 1 saturated heterocycles. The minimum absolute atomic E-state index is 0.140. The van der Waals surface area contributed by atoms with Gasteiger partial charge in [0.15, 0.2) is 0 Å². The number of benzene rings is 1. The molecular formula is C17H23FN2O. The molecule has 0 bridgehead atoms. The van der Waals surface area contributed by atoms with Crippen LogP contribution in [0.15, 0.2) is 24.3 Å². The highest BCUT2D eigenvalue weighted by atomic mass is 19.1. The molecule has 1 aliphatic heterocycles. The zero-order valence-corrected chi connectivity index (χ0v) is 12.7. The number of nitrogens with zero attached hydrogens (tertiary/aromatic N) is 1. The fourth-order valence-corrected chi connectivity index (χ4v) is 3.28. The summed E-state index contributed by atoms with van der Waals surface area (Å²) in [5.74, 6) is 0.341. The Morgan fingerprint density at radius 3 is 2.62 bits per heavy atom. The van der Waals surface area contributed by atoms with Gasteiger partial charge in [-0.25, -0.2) is 4.39 Å². The van der Waals surface area contributed by atoms with Crippen LogP contribution < -0.4 is 5.32 Å². The molecule has 1 aliphatic carbocycles. The largest absolute Gasteiger partial charge is 0.318 e. The highest BCUT2D eigenvalue weighted by molar-refractivity contribution is 5.85. The molecule has 0 spiro atoms. The average Bonchev–Trinajstić information content (AvgIpc) is 2.66. The Balaban J connectivity index is 1.89. The van der Waals surface area contributed by atoms with Gasteiger partial charge in [-0.15, -0.1) is 0 Å². The second-order valence-electron chi connectivity index (χ2n) is 6.60. The maximum absolute atomic E-state index is 14.1. The average molecular weight is 290 g/mol. The Hall–Kier alpha value is -1.42. The van der Waals surface area contributed by atoms with Crippen molar-refractivity contribution in [2.24, 2.45) is 5.92 Å². The molecule has 0 aromatic heterocycles. The summed E-state index contributed by atoms with van der Waals surface area (Å²) >= 11 is 0. The molecule has 0 radical (unpaired) electrons. The Kier molecular flexibility index (Phi) is 3.98. The van der Waals surface area contributed by atoms with Crippen LogP contribution in [0.25, 0.3) is 0 Å². The molecule has 2 unspecified atom stereocenters. The number of carbonyl (C=O) groups excluding carboxylic acids is 1. The first-order valence-corrected chi connectivity index (χ1v) is 7.90. The van der Waals surface area contributed by atoms with Gasteiger partial charge in [-0.05, 0) is 37.7 Å². The molecule has 1 aromatic rings. The highest BCUT2D eigenvalue weighted by Crippen LogP contribution is 2.37. The van der Waals surface area contributed by atoms with E-state index in [1.54, 1.807) is 12.1 Å². The first-order chi connectivity index (χ1) is 10.1. The summed E-state index contributed by atoms with van der Waals surface area (Å²) in [6.45, 7) is 4.22. The second-order valence-corrected chi connectivity index (χ2v) is 6.60. The van der Waals surface area contributed by atoms with Gasteiger partial charge in [-0.3, -0.25) is 10.1 Å². The molecule has 2 fully saturated rings. The first kappa shape index (κ1) is 14.5. The van der Waals surface area contributed by atoms with E-state index in [0.29, 0.717) is 11.5 Å². The summed E-state index contributed by atoms with van der Waals surface area (Å²) in [7, 11) is 0. The maximum Gasteiger partial charge on any atom is 0.241 e. The van der Waals surface area contributed by atoms with E-state index in [1.807, 2.05) is 11.0 Å². The van der Waals surface area contributed by atoms with Crippen LogP contribution in [0, 0.1) is 11.7 Å². The molecule has 1 aromatic carbocycles. The lowest BCUT2D eigenvalue weighted by Crippen LogP contribution is -2.44. The lowest BCUT2D eigenvalue weighted by atomic mass is 9.90. The predicted molar refractivity (Wildman–Crippen MR) is 80.0 cm³/mol. The van der Waals surface area contributed by atoms with Crippen molar-refractivity contribution in [2.45, 2.75) is 57.8 Å². The SMILES string of the molecule is CC(C)CC1NC(c2ccccc2F)N(C2CCC2)C1=O. The molecular weight excluding hydrogens is 267 g/mol. The Morgan fingerprint density at radius 1 is 1.33 bits per heavy atom. The molecule has 3 nitrogen and oxygen atoms in total. The van der Waals surface area contributed by atoms with E-state index in [-0.39, 0.29) is 30.0 Å². The van der Waals surface area contributed by atoms with Crippen LogP contribution in [0.1, 0.15) is 51.3 Å². The maximum atomic E-state index is 14.1. The van der Waals surface area contributed by atoms with E-state index in [4.69, 9.17) is 0 Å². The molecule has 114 valence electrons. The molecule has 2 aliphatic rings. The van der Waals surface area contributed by atoms with Crippen LogP contribution in [0.3, 0.4) is 0 Å². The van der Waals surface area contributed by atoms with Gasteiger partial charge in [0.25, 0.3) is 0 Å². The van der Waals surface area contributed by atoms with Crippen molar-refractivity contribution >= 4 is 5.91 Å². The molecule has 1 saturated carbocycles. The minimum Gasteiger partial charge on any atom is -0.318 e. The molecule has 1 heterocycles. The van der Waals surface area contributed by atoms with Crippen LogP contribution in [0.4, 0.5) is 4.39 Å². The third-order valence-electron chi connectivity index (χ3n) is 4.56. The Bertz CT molecular complexity index is 527. The summed E-state index contributed by atoms with van der Waals surface area (Å²) in [4.78, 5) is 14.6. The van der Waals surface area contributed by atoms with Gasteiger partial charge in [-0.1, -0.05) is 32.0 Å². The van der Waals surface area contributed by atoms with Crippen LogP contribution in [0.5, 0.6) is 0 Å². The zero-order valence-electron chi connectivity index (χ0n) is 12.7. The quantitative estimate of drug-likeness (QED) is 0.923. The summed E-state index contributed by atoms with van der Waals surface area (Å²) in [5.41, 5.74) is 0.587. The van der Waals surface area contributed by atoms with Gasteiger partial charge in [0.1, 0.15) is 12.0 Å². The summed E-state index contributed by atoms with van der Waals surface area (Å²) in [6, 6.07) is 6.86. The molecule has 2 atom stereocenters. The molecule has 1 N–H and O–H groups in total. The van der Waals surface area contributed by atoms with Crippen LogP contribution in [-0.2, 0) is 4.79 Å². The Labute approximate surface area is 125 Å². The van der Waals surface area contributed by atoms with Gasteiger partial charge < -0.3 is 4.90 Å². The van der Waals surface area contributed by atoms with E-state index < -0.39 is 0 Å². The van der Waals surface area contributed by atoms with Gasteiger partial charge in [0, 0.05) is 11.6 Å². The van der Waals surface area contributed by atoms with Crippen molar-refractivity contribution in [3.05, 3.63) is 35.6 Å². The van der Waals surface area contributed by atoms with Gasteiger partial charge in [0.2, 0.25) is 5.91 Å². The zero-order chi connectivity index (χ0) is 15.0. The van der Waals surface area contributed by atoms with Crippen molar-refractivity contribution in [2.75, 3.05) is 0 Å². The third-order valence-corrected chi connectivity index (χ3v) is 4.56. The van der Waals surface area contributed by atoms with Crippen molar-refractivity contribution < 1.29 is 9.18 Å². The van der Waals surface area contributed by atoms with Crippen molar-refractivity contribution in [3.63, 3.8) is 0 Å². The van der Waals surface area contributed by atoms with Gasteiger partial charge in [-0.2, -0.15) is 0 Å². The number of hydrogen-bond donors (Lipinski definition) is 1. The molecule has 21 heavy (non-hydrogen) atoms. The molecule has 4 heteroatoms. The summed E-state index contributed by atoms with van der Waals surface area (Å²) < 4.78 is 14.1. The summed E-state index contributed by atoms with van der Waals surface area (Å²) in [6.07, 6.45) is 3.72. The minimum atomic E-state index is -0.312. The number of hydrogen-bond acceptors (Lipinski definition) is 2. The van der Waals surface area contributed by atoms with Crippen molar-refractivity contribution in [3.8, 4) is 0 Å². The second kappa shape index (κ2) is 5.76. The summed E-state index contributed by atoms with van der Waals surface area (Å²) in [5, 5.41) is 3.36. The lowest BCUT2D eigenvalue weighted by Gasteiger charge is -2.38. The predicted octanol–water partition coefficient (Wildman–Crippen LogP) is 3.22. The van der Waals surface area contributed by atoms with E-state index in [2.05, 4.69) is 19.2 Å². The van der Waals surface area contributed by atoms with E-state index in [1.165, 1.54) is 6.07 Å². The monoisotopic (exact) mass is 290 g/mol. The number of carbonyl (C=O) groups is 1. The van der Waals surface area contributed by atoms with E-state index >= 15 is 0 Å². The number of nitrogens with one attached hydrogen (secondary N) is 1. The smallest absolute Gasteiger partial charge is 0.241 e. The standard InChI is InChI=1S/C17H23FN2O/c1-11(2)10-15-17(21)20(12-6-5-7-12)16(19-15)13-8-3-4-9-14(13)18/h3-4,8-9,11-12,15-16,19H,5-7,10H2,1-2H3. The van der Waals surface area contributed by atoms with Crippen LogP contribution in [0.2, 0.25) is 0 Å². The number of rotatable bonds is 4. The van der Waals surface area contributed by atoms with E-state index in [9.17, 15) is 9.18 Å². The Morgan fingerprint density at radius 2 is 2.05 bits per heavy atom. The van der Waals surface area contributed by atoms with Crippen LogP contribution >= 0.6 is 0 Å². The first-order valence-electron chi connectivity index (χ1n) is 7.90. The number of halogens is 1. The van der Waals surface area contributed by atoms with Crippen molar-refractivity contribution in [1.29, 1.82) is 0 Å². The number of amides is 1. The normalized spacial score (nSPS) is 26.5. The van der Waals surface area contributed by atoms with E-state index in [0.717, 1.165) is 25.7 Å². The van der Waals surface area contributed by atoms with Gasteiger partial charge in [0.05, 0.1) is 6.04 Å². The third kappa shape index (κ3) is 2.69.